The number of carbonyl (C=O) groups is 1. The molecule has 2 fully saturated rings. The molecule has 0 aliphatic carbocycles. The Balaban J connectivity index is 1.92. The highest BCUT2D eigenvalue weighted by Gasteiger charge is 2.49. The summed E-state index contributed by atoms with van der Waals surface area (Å²) in [7, 11) is -1.42. The molecule has 6 heteroatoms. The van der Waals surface area contributed by atoms with Crippen LogP contribution in [-0.4, -0.2) is 39.0 Å². The number of methoxy groups -OCH3 is 1. The molecule has 102 valence electrons. The fraction of sp³-hybridized carbons (Fsp3) is 0.462. The molecule has 0 aromatic heterocycles. The van der Waals surface area contributed by atoms with E-state index in [1.165, 1.54) is 0 Å². The van der Waals surface area contributed by atoms with E-state index in [9.17, 15) is 13.2 Å². The summed E-state index contributed by atoms with van der Waals surface area (Å²) in [4.78, 5) is 13.7. The first-order valence-corrected chi connectivity index (χ1v) is 7.99. The van der Waals surface area contributed by atoms with Crippen LogP contribution in [0.5, 0.6) is 5.75 Å². The minimum atomic E-state index is -3.00. The fourth-order valence-corrected chi connectivity index (χ4v) is 5.04. The minimum Gasteiger partial charge on any atom is -0.497 e. The molecule has 3 rings (SSSR count). The summed E-state index contributed by atoms with van der Waals surface area (Å²) in [6.45, 7) is 0. The Kier molecular flexibility index (Phi) is 2.78. The number of ether oxygens (including phenoxy) is 1. The number of fused-ring (bicyclic) bond motifs is 1. The third kappa shape index (κ3) is 2.10. The molecule has 2 atom stereocenters. The van der Waals surface area contributed by atoms with Crippen molar-refractivity contribution < 1.29 is 17.9 Å². The number of rotatable bonds is 2. The molecule has 0 spiro atoms. The first kappa shape index (κ1) is 12.5. The van der Waals surface area contributed by atoms with Crippen LogP contribution in [0.4, 0.5) is 5.69 Å². The molecule has 2 aliphatic heterocycles. The van der Waals surface area contributed by atoms with Gasteiger partial charge in [-0.15, -0.1) is 0 Å². The number of hydrogen-bond acceptors (Lipinski definition) is 4. The van der Waals surface area contributed by atoms with E-state index in [2.05, 4.69) is 0 Å². The molecule has 1 aromatic carbocycles. The number of sulfone groups is 1. The first-order valence-electron chi connectivity index (χ1n) is 6.17. The van der Waals surface area contributed by atoms with Crippen LogP contribution in [0.2, 0.25) is 0 Å². The predicted molar refractivity (Wildman–Crippen MR) is 71.0 cm³/mol. The average Bonchev–Trinajstić information content (AvgIpc) is 2.79. The standard InChI is InChI=1S/C13H15NO4S/c1-18-11-4-2-10(3-5-11)14-12-8-19(16,17)7-9(12)6-13(14)15/h2-5,9,12H,6-8H2,1H3. The highest BCUT2D eigenvalue weighted by Crippen LogP contribution is 2.37. The first-order chi connectivity index (χ1) is 9.00. The van der Waals surface area contributed by atoms with Crippen LogP contribution in [0, 0.1) is 5.92 Å². The molecule has 2 unspecified atom stereocenters. The highest BCUT2D eigenvalue weighted by atomic mass is 32.2. The lowest BCUT2D eigenvalue weighted by molar-refractivity contribution is -0.117. The summed E-state index contributed by atoms with van der Waals surface area (Å²) < 4.78 is 28.4. The van der Waals surface area contributed by atoms with Gasteiger partial charge in [-0.1, -0.05) is 0 Å². The summed E-state index contributed by atoms with van der Waals surface area (Å²) in [5, 5.41) is 0. The molecule has 2 heterocycles. The van der Waals surface area contributed by atoms with Gasteiger partial charge in [0, 0.05) is 18.0 Å². The van der Waals surface area contributed by atoms with E-state index >= 15 is 0 Å². The third-order valence-electron chi connectivity index (χ3n) is 3.82. The second-order valence-corrected chi connectivity index (χ2v) is 7.22. The molecule has 1 aromatic rings. The Morgan fingerprint density at radius 1 is 1.21 bits per heavy atom. The summed E-state index contributed by atoms with van der Waals surface area (Å²) in [5.41, 5.74) is 0.746. The highest BCUT2D eigenvalue weighted by molar-refractivity contribution is 7.91. The third-order valence-corrected chi connectivity index (χ3v) is 5.61. The Labute approximate surface area is 112 Å². The van der Waals surface area contributed by atoms with Crippen LogP contribution >= 0.6 is 0 Å². The lowest BCUT2D eigenvalue weighted by atomic mass is 10.0. The number of nitrogens with zero attached hydrogens (tertiary/aromatic N) is 1. The van der Waals surface area contributed by atoms with Crippen molar-refractivity contribution in [3.8, 4) is 5.75 Å². The van der Waals surface area contributed by atoms with Gasteiger partial charge in [0.05, 0.1) is 24.7 Å². The van der Waals surface area contributed by atoms with Gasteiger partial charge in [-0.3, -0.25) is 4.79 Å². The molecule has 0 N–H and O–H groups in total. The summed E-state index contributed by atoms with van der Waals surface area (Å²) in [6.07, 6.45) is 0.329. The van der Waals surface area contributed by atoms with Crippen molar-refractivity contribution in [2.75, 3.05) is 23.5 Å². The summed E-state index contributed by atoms with van der Waals surface area (Å²) >= 11 is 0. The number of carbonyl (C=O) groups excluding carboxylic acids is 1. The van der Waals surface area contributed by atoms with E-state index in [4.69, 9.17) is 4.74 Å². The minimum absolute atomic E-state index is 0.00932. The zero-order valence-electron chi connectivity index (χ0n) is 10.6. The second kappa shape index (κ2) is 4.23. The Morgan fingerprint density at radius 3 is 2.53 bits per heavy atom. The molecular weight excluding hydrogens is 266 g/mol. The number of hydrogen-bond donors (Lipinski definition) is 0. The van der Waals surface area contributed by atoms with E-state index in [-0.39, 0.29) is 29.4 Å². The van der Waals surface area contributed by atoms with Crippen molar-refractivity contribution in [3.63, 3.8) is 0 Å². The lowest BCUT2D eigenvalue weighted by Gasteiger charge is -2.23. The SMILES string of the molecule is COc1ccc(N2C(=O)CC3CS(=O)(=O)CC32)cc1. The second-order valence-electron chi connectivity index (χ2n) is 5.07. The molecule has 5 nitrogen and oxygen atoms in total. The van der Waals surface area contributed by atoms with Crippen molar-refractivity contribution in [2.45, 2.75) is 12.5 Å². The topological polar surface area (TPSA) is 63.7 Å². The maximum atomic E-state index is 12.1. The monoisotopic (exact) mass is 281 g/mol. The quantitative estimate of drug-likeness (QED) is 0.806. The van der Waals surface area contributed by atoms with Crippen molar-refractivity contribution in [1.29, 1.82) is 0 Å². The van der Waals surface area contributed by atoms with E-state index in [0.29, 0.717) is 12.2 Å². The summed E-state index contributed by atoms with van der Waals surface area (Å²) in [6, 6.07) is 6.94. The van der Waals surface area contributed by atoms with Gasteiger partial charge in [0.25, 0.3) is 0 Å². The molecule has 0 bridgehead atoms. The van der Waals surface area contributed by atoms with Gasteiger partial charge in [-0.2, -0.15) is 0 Å². The van der Waals surface area contributed by atoms with Crippen molar-refractivity contribution in [3.05, 3.63) is 24.3 Å². The zero-order valence-corrected chi connectivity index (χ0v) is 11.4. The maximum Gasteiger partial charge on any atom is 0.227 e. The van der Waals surface area contributed by atoms with E-state index in [1.807, 2.05) is 0 Å². The lowest BCUT2D eigenvalue weighted by Crippen LogP contribution is -2.36. The average molecular weight is 281 g/mol. The molecule has 0 radical (unpaired) electrons. The number of benzene rings is 1. The smallest absolute Gasteiger partial charge is 0.227 e. The van der Waals surface area contributed by atoms with Crippen LogP contribution in [0.3, 0.4) is 0 Å². The zero-order chi connectivity index (χ0) is 13.6. The molecule has 2 aliphatic rings. The van der Waals surface area contributed by atoms with Crippen molar-refractivity contribution >= 4 is 21.4 Å². The summed E-state index contributed by atoms with van der Waals surface area (Å²) in [5.74, 6) is 0.881. The van der Waals surface area contributed by atoms with Gasteiger partial charge < -0.3 is 9.64 Å². The van der Waals surface area contributed by atoms with Crippen molar-refractivity contribution in [1.82, 2.24) is 0 Å². The van der Waals surface area contributed by atoms with E-state index < -0.39 is 9.84 Å². The normalized spacial score (nSPS) is 28.5. The van der Waals surface area contributed by atoms with Crippen LogP contribution in [0.15, 0.2) is 24.3 Å². The largest absolute Gasteiger partial charge is 0.497 e. The molecule has 1 amide bonds. The van der Waals surface area contributed by atoms with Crippen LogP contribution in [0.1, 0.15) is 6.42 Å². The molecule has 0 saturated carbocycles. The Hall–Kier alpha value is -1.56. The number of anilines is 1. The van der Waals surface area contributed by atoms with E-state index in [0.717, 1.165) is 5.69 Å². The van der Waals surface area contributed by atoms with Crippen LogP contribution in [0.25, 0.3) is 0 Å². The van der Waals surface area contributed by atoms with Crippen molar-refractivity contribution in [2.24, 2.45) is 5.92 Å². The van der Waals surface area contributed by atoms with Gasteiger partial charge in [-0.25, -0.2) is 8.42 Å². The number of amides is 1. The van der Waals surface area contributed by atoms with E-state index in [1.54, 1.807) is 36.3 Å². The van der Waals surface area contributed by atoms with Gasteiger partial charge in [0.15, 0.2) is 9.84 Å². The van der Waals surface area contributed by atoms with Gasteiger partial charge in [0.2, 0.25) is 5.91 Å². The Bertz CT molecular complexity index is 608. The van der Waals surface area contributed by atoms with Gasteiger partial charge in [0.1, 0.15) is 5.75 Å². The molecular formula is C13H15NO4S. The van der Waals surface area contributed by atoms with Gasteiger partial charge >= 0.3 is 0 Å². The molecule has 19 heavy (non-hydrogen) atoms. The van der Waals surface area contributed by atoms with Gasteiger partial charge in [-0.05, 0) is 24.3 Å². The predicted octanol–water partition coefficient (Wildman–Crippen LogP) is 0.845. The molecule has 2 saturated heterocycles. The maximum absolute atomic E-state index is 12.1. The fourth-order valence-electron chi connectivity index (χ4n) is 2.97. The Morgan fingerprint density at radius 2 is 1.89 bits per heavy atom. The van der Waals surface area contributed by atoms with Crippen LogP contribution in [-0.2, 0) is 14.6 Å². The van der Waals surface area contributed by atoms with Crippen LogP contribution < -0.4 is 9.64 Å².